The molecule has 1 N–H and O–H groups in total. The van der Waals surface area contributed by atoms with Gasteiger partial charge in [-0.2, -0.15) is 0 Å². The summed E-state index contributed by atoms with van der Waals surface area (Å²) in [7, 11) is 0. The van der Waals surface area contributed by atoms with E-state index in [0.717, 1.165) is 25.8 Å². The average molecular weight is 294 g/mol. The van der Waals surface area contributed by atoms with Gasteiger partial charge in [-0.05, 0) is 37.8 Å². The molecule has 2 atom stereocenters. The zero-order valence-electron chi connectivity index (χ0n) is 11.0. The Morgan fingerprint density at radius 1 is 1.45 bits per heavy atom. The second-order valence-corrected chi connectivity index (χ2v) is 5.70. The van der Waals surface area contributed by atoms with Gasteiger partial charge in [0.1, 0.15) is 11.2 Å². The number of aromatic nitrogens is 1. The third kappa shape index (κ3) is 2.50. The number of nitrogens with zero attached hydrogens (tertiary/aromatic N) is 2. The van der Waals surface area contributed by atoms with Crippen molar-refractivity contribution in [2.45, 2.75) is 37.8 Å². The molecule has 2 saturated heterocycles. The van der Waals surface area contributed by atoms with Gasteiger partial charge in [0.15, 0.2) is 0 Å². The molecule has 2 aliphatic heterocycles. The van der Waals surface area contributed by atoms with Gasteiger partial charge in [-0.3, -0.25) is 9.59 Å². The van der Waals surface area contributed by atoms with Crippen LogP contribution in [0.2, 0.25) is 5.15 Å². The minimum absolute atomic E-state index is 0.0446. The fourth-order valence-electron chi connectivity index (χ4n) is 3.01. The summed E-state index contributed by atoms with van der Waals surface area (Å²) in [6.07, 6.45) is 5.46. The Morgan fingerprint density at radius 2 is 2.30 bits per heavy atom. The number of hydrogen-bond donors (Lipinski definition) is 1. The molecule has 0 saturated carbocycles. The molecule has 0 spiro atoms. The highest BCUT2D eigenvalue weighted by atomic mass is 35.5. The van der Waals surface area contributed by atoms with E-state index in [1.807, 2.05) is 4.90 Å². The molecule has 3 heterocycles. The van der Waals surface area contributed by atoms with Crippen LogP contribution >= 0.6 is 11.6 Å². The van der Waals surface area contributed by atoms with E-state index in [9.17, 15) is 9.59 Å². The largest absolute Gasteiger partial charge is 0.340 e. The van der Waals surface area contributed by atoms with E-state index in [-0.39, 0.29) is 17.0 Å². The quantitative estimate of drug-likeness (QED) is 0.843. The van der Waals surface area contributed by atoms with Crippen LogP contribution in [0.3, 0.4) is 0 Å². The van der Waals surface area contributed by atoms with E-state index >= 15 is 0 Å². The van der Waals surface area contributed by atoms with Crippen molar-refractivity contribution in [1.82, 2.24) is 15.2 Å². The maximum atomic E-state index is 12.2. The molecule has 2 amide bonds. The topological polar surface area (TPSA) is 62.3 Å². The van der Waals surface area contributed by atoms with Gasteiger partial charge in [-0.1, -0.05) is 11.6 Å². The van der Waals surface area contributed by atoms with Crippen LogP contribution in [0, 0.1) is 0 Å². The lowest BCUT2D eigenvalue weighted by Crippen LogP contribution is -2.43. The van der Waals surface area contributed by atoms with Gasteiger partial charge in [0, 0.05) is 24.3 Å². The molecule has 2 aliphatic rings. The molecule has 0 bridgehead atoms. The lowest BCUT2D eigenvalue weighted by Gasteiger charge is -2.28. The predicted octanol–water partition coefficient (Wildman–Crippen LogP) is 1.62. The van der Waals surface area contributed by atoms with Crippen molar-refractivity contribution in [2.75, 3.05) is 6.54 Å². The minimum atomic E-state index is -0.405. The SMILES string of the molecule is O=C(N[C@@H]1C[C@H]2CCCCN2C1=O)c1ccnc(Cl)c1. The van der Waals surface area contributed by atoms with Crippen LogP contribution in [-0.2, 0) is 4.79 Å². The number of pyridine rings is 1. The monoisotopic (exact) mass is 293 g/mol. The highest BCUT2D eigenvalue weighted by Gasteiger charge is 2.41. The van der Waals surface area contributed by atoms with Crippen LogP contribution in [0.5, 0.6) is 0 Å². The first-order chi connectivity index (χ1) is 9.65. The number of fused-ring (bicyclic) bond motifs is 1. The Bertz CT molecular complexity index is 549. The number of hydrogen-bond acceptors (Lipinski definition) is 3. The molecule has 5 nitrogen and oxygen atoms in total. The van der Waals surface area contributed by atoms with Crippen molar-refractivity contribution < 1.29 is 9.59 Å². The van der Waals surface area contributed by atoms with Gasteiger partial charge in [-0.15, -0.1) is 0 Å². The molecular formula is C14H16ClN3O2. The minimum Gasteiger partial charge on any atom is -0.340 e. The lowest BCUT2D eigenvalue weighted by atomic mass is 10.0. The second-order valence-electron chi connectivity index (χ2n) is 5.31. The summed E-state index contributed by atoms with van der Waals surface area (Å²) in [5.41, 5.74) is 0.433. The molecular weight excluding hydrogens is 278 g/mol. The highest BCUT2D eigenvalue weighted by molar-refractivity contribution is 6.29. The fraction of sp³-hybridized carbons (Fsp3) is 0.500. The van der Waals surface area contributed by atoms with Crippen molar-refractivity contribution in [3.05, 3.63) is 29.0 Å². The molecule has 3 rings (SSSR count). The van der Waals surface area contributed by atoms with Crippen molar-refractivity contribution in [1.29, 1.82) is 0 Å². The van der Waals surface area contributed by atoms with E-state index in [4.69, 9.17) is 11.6 Å². The molecule has 0 radical (unpaired) electrons. The Morgan fingerprint density at radius 3 is 3.05 bits per heavy atom. The number of rotatable bonds is 2. The zero-order valence-corrected chi connectivity index (χ0v) is 11.8. The summed E-state index contributed by atoms with van der Waals surface area (Å²) in [6, 6.07) is 2.98. The van der Waals surface area contributed by atoms with Gasteiger partial charge in [0.05, 0.1) is 0 Å². The Hall–Kier alpha value is -1.62. The molecule has 106 valence electrons. The van der Waals surface area contributed by atoms with Crippen LogP contribution in [0.4, 0.5) is 0 Å². The maximum absolute atomic E-state index is 12.2. The fourth-order valence-corrected chi connectivity index (χ4v) is 3.19. The summed E-state index contributed by atoms with van der Waals surface area (Å²) < 4.78 is 0. The number of halogens is 1. The first-order valence-electron chi connectivity index (χ1n) is 6.88. The smallest absolute Gasteiger partial charge is 0.252 e. The van der Waals surface area contributed by atoms with Crippen LogP contribution in [-0.4, -0.2) is 40.3 Å². The molecule has 0 aliphatic carbocycles. The maximum Gasteiger partial charge on any atom is 0.252 e. The first-order valence-corrected chi connectivity index (χ1v) is 7.26. The van der Waals surface area contributed by atoms with Gasteiger partial charge in [0.2, 0.25) is 5.91 Å². The van der Waals surface area contributed by atoms with Crippen LogP contribution in [0.1, 0.15) is 36.0 Å². The van der Waals surface area contributed by atoms with Crippen molar-refractivity contribution >= 4 is 23.4 Å². The van der Waals surface area contributed by atoms with E-state index < -0.39 is 6.04 Å². The number of amides is 2. The summed E-state index contributed by atoms with van der Waals surface area (Å²) in [5.74, 6) is -0.226. The van der Waals surface area contributed by atoms with Crippen LogP contribution in [0.15, 0.2) is 18.3 Å². The van der Waals surface area contributed by atoms with Crippen molar-refractivity contribution in [3.63, 3.8) is 0 Å². The van der Waals surface area contributed by atoms with Gasteiger partial charge < -0.3 is 10.2 Å². The van der Waals surface area contributed by atoms with E-state index in [0.29, 0.717) is 18.0 Å². The van der Waals surface area contributed by atoms with Crippen LogP contribution in [0.25, 0.3) is 0 Å². The summed E-state index contributed by atoms with van der Waals surface area (Å²) in [4.78, 5) is 30.1. The number of piperidine rings is 1. The predicted molar refractivity (Wildman–Crippen MR) is 74.5 cm³/mol. The highest BCUT2D eigenvalue weighted by Crippen LogP contribution is 2.28. The van der Waals surface area contributed by atoms with E-state index in [1.165, 1.54) is 12.3 Å². The van der Waals surface area contributed by atoms with Gasteiger partial charge in [0.25, 0.3) is 5.91 Å². The summed E-state index contributed by atoms with van der Waals surface area (Å²) >= 11 is 5.77. The number of carbonyl (C=O) groups excluding carboxylic acids is 2. The summed E-state index contributed by atoms with van der Waals surface area (Å²) in [5, 5.41) is 3.08. The second kappa shape index (κ2) is 5.40. The van der Waals surface area contributed by atoms with E-state index in [1.54, 1.807) is 6.07 Å². The van der Waals surface area contributed by atoms with Crippen molar-refractivity contribution in [2.24, 2.45) is 0 Å². The summed E-state index contributed by atoms with van der Waals surface area (Å²) in [6.45, 7) is 0.816. The molecule has 1 aromatic heterocycles. The molecule has 0 unspecified atom stereocenters. The Balaban J connectivity index is 1.69. The Labute approximate surface area is 122 Å². The third-order valence-corrected chi connectivity index (χ3v) is 4.22. The molecule has 2 fully saturated rings. The van der Waals surface area contributed by atoms with Gasteiger partial charge >= 0.3 is 0 Å². The lowest BCUT2D eigenvalue weighted by molar-refractivity contribution is -0.131. The molecule has 0 aromatic carbocycles. The van der Waals surface area contributed by atoms with Gasteiger partial charge in [-0.25, -0.2) is 4.98 Å². The zero-order chi connectivity index (χ0) is 14.1. The Kier molecular flexibility index (Phi) is 3.61. The third-order valence-electron chi connectivity index (χ3n) is 4.01. The normalized spacial score (nSPS) is 25.4. The molecule has 6 heteroatoms. The number of nitrogens with one attached hydrogen (secondary N) is 1. The number of carbonyl (C=O) groups is 2. The molecule has 20 heavy (non-hydrogen) atoms. The standard InChI is InChI=1S/C14H16ClN3O2/c15-12-7-9(4-5-16-12)13(19)17-11-8-10-3-1-2-6-18(10)14(11)20/h4-5,7,10-11H,1-3,6,8H2,(H,17,19)/t10-,11-/m1/s1. The molecule has 1 aromatic rings. The average Bonchev–Trinajstić information content (AvgIpc) is 2.76. The van der Waals surface area contributed by atoms with Crippen LogP contribution < -0.4 is 5.32 Å². The van der Waals surface area contributed by atoms with Crippen molar-refractivity contribution in [3.8, 4) is 0 Å². The first kappa shape index (κ1) is 13.4. The van der Waals surface area contributed by atoms with E-state index in [2.05, 4.69) is 10.3 Å².